The SMILES string of the molecule is COCCOCCOCC(=O)NC(C(=O)N[C@@H](CCCNC(N)=O)C(=O)Nc1ccc(C(=O)OC)c(OCC(=O)NCCCN)c1)C(C)C. The number of carbonyl (C=O) groups excluding carboxylic acids is 6. The van der Waals surface area contributed by atoms with Crippen LogP contribution in [0.15, 0.2) is 18.2 Å². The molecule has 0 saturated heterocycles. The van der Waals surface area contributed by atoms with Gasteiger partial charge >= 0.3 is 12.0 Å². The number of hydrogen-bond donors (Lipinski definition) is 7. The van der Waals surface area contributed by atoms with Crippen molar-refractivity contribution in [2.45, 2.75) is 45.2 Å². The maximum atomic E-state index is 13.5. The molecule has 18 nitrogen and oxygen atoms in total. The van der Waals surface area contributed by atoms with Gasteiger partial charge in [0.25, 0.3) is 5.91 Å². The van der Waals surface area contributed by atoms with E-state index in [1.54, 1.807) is 21.0 Å². The van der Waals surface area contributed by atoms with Crippen molar-refractivity contribution in [3.63, 3.8) is 0 Å². The molecule has 18 heteroatoms. The van der Waals surface area contributed by atoms with Crippen molar-refractivity contribution in [3.8, 4) is 5.75 Å². The highest BCUT2D eigenvalue weighted by molar-refractivity contribution is 5.99. The van der Waals surface area contributed by atoms with Gasteiger partial charge < -0.3 is 61.7 Å². The molecule has 1 rings (SSSR count). The molecule has 0 heterocycles. The largest absolute Gasteiger partial charge is 0.483 e. The van der Waals surface area contributed by atoms with E-state index in [4.69, 9.17) is 35.2 Å². The molecule has 0 fully saturated rings. The number of ether oxygens (including phenoxy) is 5. The van der Waals surface area contributed by atoms with E-state index in [0.29, 0.717) is 32.7 Å². The Kier molecular flexibility index (Phi) is 21.3. The molecule has 276 valence electrons. The molecular formula is C31H51N7O11. The third-order valence-electron chi connectivity index (χ3n) is 6.62. The summed E-state index contributed by atoms with van der Waals surface area (Å²) in [4.78, 5) is 75.0. The van der Waals surface area contributed by atoms with Crippen LogP contribution in [0.1, 0.15) is 43.5 Å². The lowest BCUT2D eigenvalue weighted by Gasteiger charge is -2.25. The first-order valence-corrected chi connectivity index (χ1v) is 15.8. The third kappa shape index (κ3) is 18.0. The molecule has 9 N–H and O–H groups in total. The first-order chi connectivity index (χ1) is 23.4. The summed E-state index contributed by atoms with van der Waals surface area (Å²) in [5.74, 6) is -3.38. The summed E-state index contributed by atoms with van der Waals surface area (Å²) in [7, 11) is 2.74. The second kappa shape index (κ2) is 24.6. The van der Waals surface area contributed by atoms with E-state index < -0.39 is 54.3 Å². The quantitative estimate of drug-likeness (QED) is 0.0480. The number of benzene rings is 1. The minimum Gasteiger partial charge on any atom is -0.483 e. The van der Waals surface area contributed by atoms with Crippen molar-refractivity contribution in [2.75, 3.05) is 78.8 Å². The molecule has 0 aliphatic heterocycles. The Labute approximate surface area is 286 Å². The lowest BCUT2D eigenvalue weighted by atomic mass is 10.0. The van der Waals surface area contributed by atoms with Gasteiger partial charge in [-0.3, -0.25) is 19.2 Å². The second-order valence-electron chi connectivity index (χ2n) is 10.9. The number of methoxy groups -OCH3 is 2. The number of nitrogens with one attached hydrogen (secondary N) is 5. The predicted octanol–water partition coefficient (Wildman–Crippen LogP) is -0.991. The van der Waals surface area contributed by atoms with Gasteiger partial charge in [-0.25, -0.2) is 9.59 Å². The van der Waals surface area contributed by atoms with Gasteiger partial charge in [0, 0.05) is 32.0 Å². The van der Waals surface area contributed by atoms with Crippen molar-refractivity contribution in [1.82, 2.24) is 21.3 Å². The predicted molar refractivity (Wildman–Crippen MR) is 178 cm³/mol. The van der Waals surface area contributed by atoms with Gasteiger partial charge in [0.1, 0.15) is 30.0 Å². The smallest absolute Gasteiger partial charge is 0.341 e. The molecule has 0 saturated carbocycles. The first-order valence-electron chi connectivity index (χ1n) is 15.8. The van der Waals surface area contributed by atoms with Crippen LogP contribution in [0.4, 0.5) is 10.5 Å². The standard InChI is InChI=1S/C31H51N7O11/c1-20(2)27(38-26(40)18-48-16-15-47-14-13-45-3)29(42)37-23(7-5-11-35-31(33)44)28(41)36-21-8-9-22(30(43)46-4)24(17-21)49-19-25(39)34-12-6-10-32/h8-9,17,20,23,27H,5-7,10-16,18-19,32H2,1-4H3,(H,34,39)(H,36,41)(H,37,42)(H,38,40)(H3,33,35,44)/t23-,27?/m0/s1. The molecule has 2 atom stereocenters. The van der Waals surface area contributed by atoms with Crippen LogP contribution in [0.25, 0.3) is 0 Å². The Bertz CT molecular complexity index is 1220. The maximum absolute atomic E-state index is 13.5. The number of urea groups is 1. The molecular weight excluding hydrogens is 646 g/mol. The molecule has 1 aromatic carbocycles. The summed E-state index contributed by atoms with van der Waals surface area (Å²) in [5.41, 5.74) is 10.8. The van der Waals surface area contributed by atoms with Crippen molar-refractivity contribution >= 4 is 41.3 Å². The minimum absolute atomic E-state index is 0.00995. The van der Waals surface area contributed by atoms with Gasteiger partial charge in [-0.15, -0.1) is 0 Å². The van der Waals surface area contributed by atoms with Crippen molar-refractivity contribution in [1.29, 1.82) is 0 Å². The lowest BCUT2D eigenvalue weighted by molar-refractivity contribution is -0.134. The van der Waals surface area contributed by atoms with Crippen LogP contribution in [-0.2, 0) is 38.1 Å². The molecule has 0 spiro atoms. The van der Waals surface area contributed by atoms with Crippen molar-refractivity contribution in [3.05, 3.63) is 23.8 Å². The van der Waals surface area contributed by atoms with Crippen LogP contribution in [0.2, 0.25) is 0 Å². The monoisotopic (exact) mass is 697 g/mol. The normalized spacial score (nSPS) is 12.0. The molecule has 0 bridgehead atoms. The summed E-state index contributed by atoms with van der Waals surface area (Å²) in [6, 6.07) is 1.23. The van der Waals surface area contributed by atoms with Crippen LogP contribution in [0.5, 0.6) is 5.75 Å². The van der Waals surface area contributed by atoms with E-state index in [1.807, 2.05) is 0 Å². The van der Waals surface area contributed by atoms with Crippen LogP contribution in [-0.4, -0.2) is 121 Å². The summed E-state index contributed by atoms with van der Waals surface area (Å²) in [5, 5.41) is 13.0. The van der Waals surface area contributed by atoms with E-state index >= 15 is 0 Å². The fraction of sp³-hybridized carbons (Fsp3) is 0.613. The molecule has 0 aliphatic rings. The Morgan fingerprint density at radius 1 is 0.816 bits per heavy atom. The number of hydrogen-bond acceptors (Lipinski definition) is 12. The second-order valence-corrected chi connectivity index (χ2v) is 10.9. The number of primary amides is 1. The van der Waals surface area contributed by atoms with Crippen LogP contribution >= 0.6 is 0 Å². The maximum Gasteiger partial charge on any atom is 0.341 e. The fourth-order valence-electron chi connectivity index (χ4n) is 4.08. The zero-order valence-electron chi connectivity index (χ0n) is 28.6. The Morgan fingerprint density at radius 3 is 2.16 bits per heavy atom. The Morgan fingerprint density at radius 2 is 1.51 bits per heavy atom. The van der Waals surface area contributed by atoms with E-state index in [2.05, 4.69) is 26.6 Å². The summed E-state index contributed by atoms with van der Waals surface area (Å²) < 4.78 is 25.8. The zero-order chi connectivity index (χ0) is 36.6. The number of carbonyl (C=O) groups is 6. The summed E-state index contributed by atoms with van der Waals surface area (Å²) >= 11 is 0. The van der Waals surface area contributed by atoms with Gasteiger partial charge in [0.05, 0.1) is 33.5 Å². The van der Waals surface area contributed by atoms with Gasteiger partial charge in [0.2, 0.25) is 17.7 Å². The van der Waals surface area contributed by atoms with E-state index in [1.165, 1.54) is 25.3 Å². The number of nitrogens with two attached hydrogens (primary N) is 2. The molecule has 0 aromatic heterocycles. The average Bonchev–Trinajstić information content (AvgIpc) is 3.06. The molecule has 49 heavy (non-hydrogen) atoms. The van der Waals surface area contributed by atoms with Crippen LogP contribution in [0, 0.1) is 5.92 Å². The highest BCUT2D eigenvalue weighted by Crippen LogP contribution is 2.25. The number of esters is 1. The van der Waals surface area contributed by atoms with Crippen LogP contribution < -0.4 is 42.8 Å². The van der Waals surface area contributed by atoms with E-state index in [-0.39, 0.29) is 62.1 Å². The summed E-state index contributed by atoms with van der Waals surface area (Å²) in [6.45, 7) is 4.83. The zero-order valence-corrected chi connectivity index (χ0v) is 28.6. The van der Waals surface area contributed by atoms with E-state index in [0.717, 1.165) is 0 Å². The first kappa shape index (κ1) is 42.5. The van der Waals surface area contributed by atoms with Gasteiger partial charge in [-0.2, -0.15) is 0 Å². The molecule has 1 aromatic rings. The molecule has 6 amide bonds. The van der Waals surface area contributed by atoms with Gasteiger partial charge in [-0.05, 0) is 43.9 Å². The highest BCUT2D eigenvalue weighted by atomic mass is 16.5. The van der Waals surface area contributed by atoms with Gasteiger partial charge in [-0.1, -0.05) is 13.8 Å². The number of anilines is 1. The van der Waals surface area contributed by atoms with Crippen molar-refractivity contribution < 1.29 is 52.5 Å². The lowest BCUT2D eigenvalue weighted by Crippen LogP contribution is -2.55. The van der Waals surface area contributed by atoms with Gasteiger partial charge in [0.15, 0.2) is 6.61 Å². The topological polar surface area (TPSA) is 261 Å². The molecule has 0 aliphatic carbocycles. The molecule has 1 unspecified atom stereocenters. The highest BCUT2D eigenvalue weighted by Gasteiger charge is 2.29. The average molecular weight is 698 g/mol. The van der Waals surface area contributed by atoms with Crippen molar-refractivity contribution in [2.24, 2.45) is 17.4 Å². The Hall–Kier alpha value is -4.52. The number of rotatable bonds is 25. The summed E-state index contributed by atoms with van der Waals surface area (Å²) in [6.07, 6.45) is 0.909. The minimum atomic E-state index is -1.13. The molecule has 0 radical (unpaired) electrons. The van der Waals surface area contributed by atoms with E-state index in [9.17, 15) is 28.8 Å². The fourth-order valence-corrected chi connectivity index (χ4v) is 4.08. The van der Waals surface area contributed by atoms with Crippen LogP contribution in [0.3, 0.4) is 0 Å². The number of amides is 6. The third-order valence-corrected chi connectivity index (χ3v) is 6.62. The Balaban J connectivity index is 3.04.